The van der Waals surface area contributed by atoms with E-state index in [0.29, 0.717) is 40.1 Å². The van der Waals surface area contributed by atoms with E-state index in [-0.39, 0.29) is 17.9 Å². The number of benzene rings is 1. The lowest BCUT2D eigenvalue weighted by atomic mass is 10.1. The van der Waals surface area contributed by atoms with Crippen LogP contribution in [0.1, 0.15) is 32.9 Å². The fraction of sp³-hybridized carbons (Fsp3) is 0.250. The van der Waals surface area contributed by atoms with E-state index in [1.807, 2.05) is 0 Å². The summed E-state index contributed by atoms with van der Waals surface area (Å²) in [4.78, 5) is 29.4. The highest BCUT2D eigenvalue weighted by atomic mass is 32.1. The van der Waals surface area contributed by atoms with Gasteiger partial charge in [0.15, 0.2) is 10.8 Å². The summed E-state index contributed by atoms with van der Waals surface area (Å²) in [7, 11) is 0. The van der Waals surface area contributed by atoms with Gasteiger partial charge in [-0.3, -0.25) is 9.59 Å². The third kappa shape index (κ3) is 4.29. The van der Waals surface area contributed by atoms with Gasteiger partial charge in [-0.1, -0.05) is 0 Å². The first-order valence-corrected chi connectivity index (χ1v) is 9.80. The molecule has 3 heterocycles. The Kier molecular flexibility index (Phi) is 5.50. The van der Waals surface area contributed by atoms with Gasteiger partial charge in [-0.15, -0.1) is 11.3 Å². The van der Waals surface area contributed by atoms with Gasteiger partial charge in [-0.05, 0) is 49.2 Å². The Morgan fingerprint density at radius 2 is 1.86 bits per heavy atom. The summed E-state index contributed by atoms with van der Waals surface area (Å²) < 4.78 is 10.6. The van der Waals surface area contributed by atoms with Gasteiger partial charge in [0.1, 0.15) is 4.88 Å². The van der Waals surface area contributed by atoms with Crippen molar-refractivity contribution in [2.24, 2.45) is 0 Å². The van der Waals surface area contributed by atoms with Crippen LogP contribution in [0.3, 0.4) is 0 Å². The van der Waals surface area contributed by atoms with Gasteiger partial charge in [0.05, 0.1) is 12.5 Å². The first-order valence-electron chi connectivity index (χ1n) is 8.99. The molecule has 0 spiro atoms. The van der Waals surface area contributed by atoms with Gasteiger partial charge in [0.25, 0.3) is 11.8 Å². The molecule has 2 aromatic heterocycles. The first-order chi connectivity index (χ1) is 13.7. The van der Waals surface area contributed by atoms with E-state index in [4.69, 9.17) is 9.15 Å². The second kappa shape index (κ2) is 8.37. The molecule has 1 aliphatic heterocycles. The zero-order valence-electron chi connectivity index (χ0n) is 15.0. The molecule has 28 heavy (non-hydrogen) atoms. The molecule has 4 rings (SSSR count). The fourth-order valence-corrected chi connectivity index (χ4v) is 3.68. The van der Waals surface area contributed by atoms with Crippen LogP contribution in [0, 0.1) is 0 Å². The smallest absolute Gasteiger partial charge is 0.267 e. The number of rotatable bonds is 5. The van der Waals surface area contributed by atoms with E-state index in [1.54, 1.807) is 42.7 Å². The molecule has 3 aromatic rings. The van der Waals surface area contributed by atoms with Crippen molar-refractivity contribution in [3.05, 3.63) is 59.3 Å². The minimum atomic E-state index is -0.255. The van der Waals surface area contributed by atoms with Crippen LogP contribution in [0.15, 0.2) is 53.3 Å². The van der Waals surface area contributed by atoms with Gasteiger partial charge >= 0.3 is 0 Å². The summed E-state index contributed by atoms with van der Waals surface area (Å²) in [5.74, 6) is 0.258. The van der Waals surface area contributed by atoms with Crippen LogP contribution in [-0.4, -0.2) is 36.1 Å². The third-order valence-corrected chi connectivity index (χ3v) is 5.43. The Hall–Kier alpha value is -2.97. The second-order valence-electron chi connectivity index (χ2n) is 6.40. The number of anilines is 1. The molecule has 0 atom stereocenters. The molecule has 0 bridgehead atoms. The monoisotopic (exact) mass is 397 g/mol. The number of aromatic nitrogens is 1. The Morgan fingerprint density at radius 3 is 2.57 bits per heavy atom. The minimum absolute atomic E-state index is 0.115. The number of ether oxygens (including phenoxy) is 1. The predicted molar refractivity (Wildman–Crippen MR) is 106 cm³/mol. The number of nitrogens with one attached hydrogen (secondary N) is 2. The molecule has 0 saturated carbocycles. The van der Waals surface area contributed by atoms with Crippen molar-refractivity contribution in [2.45, 2.75) is 18.9 Å². The molecular weight excluding hydrogens is 378 g/mol. The van der Waals surface area contributed by atoms with Crippen LogP contribution < -0.4 is 10.6 Å². The maximum atomic E-state index is 12.4. The molecule has 0 radical (unpaired) electrons. The Morgan fingerprint density at radius 1 is 1.07 bits per heavy atom. The topological polar surface area (TPSA) is 93.5 Å². The van der Waals surface area contributed by atoms with Crippen LogP contribution in [0.2, 0.25) is 0 Å². The summed E-state index contributed by atoms with van der Waals surface area (Å²) in [6.45, 7) is 1.35. The lowest BCUT2D eigenvalue weighted by molar-refractivity contribution is 0.0696. The standard InChI is InChI=1S/C20H19N3O4S/c24-18(22-15-7-10-26-11-8-15)13-3-5-14(6-4-13)23-19(25)17-12-21-20(28-17)16-2-1-9-27-16/h1-6,9,12,15H,7-8,10-11H2,(H,22,24)(H,23,25). The second-order valence-corrected chi connectivity index (χ2v) is 7.43. The SMILES string of the molecule is O=C(NC1CCOCC1)c1ccc(NC(=O)c2cnc(-c3ccco3)s2)cc1. The molecule has 8 heteroatoms. The Bertz CT molecular complexity index is 944. The van der Waals surface area contributed by atoms with Crippen molar-refractivity contribution in [1.29, 1.82) is 0 Å². The minimum Gasteiger partial charge on any atom is -0.462 e. The lowest BCUT2D eigenvalue weighted by Gasteiger charge is -2.23. The van der Waals surface area contributed by atoms with E-state index >= 15 is 0 Å². The van der Waals surface area contributed by atoms with E-state index in [2.05, 4.69) is 15.6 Å². The van der Waals surface area contributed by atoms with Gasteiger partial charge in [-0.2, -0.15) is 0 Å². The van der Waals surface area contributed by atoms with Gasteiger partial charge in [-0.25, -0.2) is 4.98 Å². The molecule has 1 saturated heterocycles. The van der Waals surface area contributed by atoms with Gasteiger partial charge < -0.3 is 19.8 Å². The van der Waals surface area contributed by atoms with E-state index in [0.717, 1.165) is 12.8 Å². The maximum Gasteiger partial charge on any atom is 0.267 e. The molecule has 0 aliphatic carbocycles. The zero-order chi connectivity index (χ0) is 19.3. The van der Waals surface area contributed by atoms with Crippen LogP contribution >= 0.6 is 11.3 Å². The van der Waals surface area contributed by atoms with Crippen LogP contribution in [0.4, 0.5) is 5.69 Å². The molecule has 7 nitrogen and oxygen atoms in total. The van der Waals surface area contributed by atoms with Gasteiger partial charge in [0.2, 0.25) is 0 Å². The molecule has 0 unspecified atom stereocenters. The number of thiazole rings is 1. The average Bonchev–Trinajstić information content (AvgIpc) is 3.41. The quantitative estimate of drug-likeness (QED) is 0.687. The van der Waals surface area contributed by atoms with Gasteiger partial charge in [0, 0.05) is 30.5 Å². The summed E-state index contributed by atoms with van der Waals surface area (Å²) in [5, 5.41) is 6.48. The average molecular weight is 397 g/mol. The number of nitrogens with zero attached hydrogens (tertiary/aromatic N) is 1. The van der Waals surface area contributed by atoms with Crippen molar-refractivity contribution in [1.82, 2.24) is 10.3 Å². The van der Waals surface area contributed by atoms with E-state index < -0.39 is 0 Å². The van der Waals surface area contributed by atoms with Crippen molar-refractivity contribution < 1.29 is 18.7 Å². The fourth-order valence-electron chi connectivity index (χ4n) is 2.90. The zero-order valence-corrected chi connectivity index (χ0v) is 15.8. The van der Waals surface area contributed by atoms with Crippen LogP contribution in [-0.2, 0) is 4.74 Å². The van der Waals surface area contributed by atoms with Crippen LogP contribution in [0.25, 0.3) is 10.8 Å². The summed E-state index contributed by atoms with van der Waals surface area (Å²) >= 11 is 1.25. The number of amides is 2. The highest BCUT2D eigenvalue weighted by molar-refractivity contribution is 7.17. The van der Waals surface area contributed by atoms with E-state index in [1.165, 1.54) is 17.5 Å². The molecular formula is C20H19N3O4S. The van der Waals surface area contributed by atoms with Crippen molar-refractivity contribution in [2.75, 3.05) is 18.5 Å². The first kappa shape index (κ1) is 18.4. The highest BCUT2D eigenvalue weighted by Crippen LogP contribution is 2.26. The van der Waals surface area contributed by atoms with Crippen molar-refractivity contribution >= 4 is 28.8 Å². The van der Waals surface area contributed by atoms with E-state index in [9.17, 15) is 9.59 Å². The normalized spacial score (nSPS) is 14.6. The Balaban J connectivity index is 1.36. The molecule has 2 N–H and O–H groups in total. The summed E-state index contributed by atoms with van der Waals surface area (Å²) in [5.41, 5.74) is 1.17. The third-order valence-electron chi connectivity index (χ3n) is 4.42. The number of hydrogen-bond acceptors (Lipinski definition) is 6. The number of furan rings is 1. The van der Waals surface area contributed by atoms with Crippen molar-refractivity contribution in [3.8, 4) is 10.8 Å². The predicted octanol–water partition coefficient (Wildman–Crippen LogP) is 3.56. The summed E-state index contributed by atoms with van der Waals surface area (Å²) in [6, 6.07) is 10.5. The summed E-state index contributed by atoms with van der Waals surface area (Å²) in [6.07, 6.45) is 4.74. The number of carbonyl (C=O) groups excluding carboxylic acids is 2. The lowest BCUT2D eigenvalue weighted by Crippen LogP contribution is -2.38. The molecule has 2 amide bonds. The number of hydrogen-bond donors (Lipinski definition) is 2. The van der Waals surface area contributed by atoms with Crippen molar-refractivity contribution in [3.63, 3.8) is 0 Å². The molecule has 1 fully saturated rings. The number of carbonyl (C=O) groups is 2. The molecule has 1 aliphatic rings. The molecule has 1 aromatic carbocycles. The maximum absolute atomic E-state index is 12.4. The molecule has 144 valence electrons. The van der Waals surface area contributed by atoms with Crippen LogP contribution in [0.5, 0.6) is 0 Å². The Labute approximate surface area is 165 Å². The largest absolute Gasteiger partial charge is 0.462 e. The highest BCUT2D eigenvalue weighted by Gasteiger charge is 2.17.